The van der Waals surface area contributed by atoms with Gasteiger partial charge in [0.25, 0.3) is 5.91 Å². The van der Waals surface area contributed by atoms with Crippen LogP contribution in [-0.4, -0.2) is 38.3 Å². The summed E-state index contributed by atoms with van der Waals surface area (Å²) < 4.78 is 31.5. The highest BCUT2D eigenvalue weighted by molar-refractivity contribution is 7.89. The van der Waals surface area contributed by atoms with Gasteiger partial charge in [-0.15, -0.1) is 0 Å². The number of nitrogens with one attached hydrogen (secondary N) is 1. The normalized spacial score (nSPS) is 11.2. The molecule has 0 heterocycles. The Balaban J connectivity index is 1.96. The summed E-state index contributed by atoms with van der Waals surface area (Å²) in [5, 5.41) is 2.56. The van der Waals surface area contributed by atoms with Crippen LogP contribution in [0.5, 0.6) is 0 Å². The Kier molecular flexibility index (Phi) is 7.71. The average molecular weight is 404 g/mol. The molecule has 0 atom stereocenters. The lowest BCUT2D eigenvalue weighted by molar-refractivity contribution is -0.147. The number of rotatable bonds is 9. The number of sulfonamides is 1. The van der Waals surface area contributed by atoms with E-state index in [1.54, 1.807) is 0 Å². The molecule has 0 saturated carbocycles. The zero-order chi connectivity index (χ0) is 20.6. The summed E-state index contributed by atoms with van der Waals surface area (Å²) in [7, 11) is -2.14. The number of anilines is 1. The second-order valence-corrected chi connectivity index (χ2v) is 8.27. The van der Waals surface area contributed by atoms with Crippen LogP contribution in [-0.2, 0) is 30.9 Å². The highest BCUT2D eigenvalue weighted by atomic mass is 32.2. The van der Waals surface area contributed by atoms with Crippen LogP contribution < -0.4 is 5.32 Å². The summed E-state index contributed by atoms with van der Waals surface area (Å²) in [6.45, 7) is 1.72. The van der Waals surface area contributed by atoms with Crippen molar-refractivity contribution >= 4 is 27.6 Å². The van der Waals surface area contributed by atoms with Crippen molar-refractivity contribution in [1.82, 2.24) is 4.31 Å². The first kappa shape index (κ1) is 21.6. The van der Waals surface area contributed by atoms with E-state index in [0.717, 1.165) is 5.56 Å². The Hall–Kier alpha value is -2.71. The largest absolute Gasteiger partial charge is 0.456 e. The Morgan fingerprint density at radius 2 is 1.68 bits per heavy atom. The average Bonchev–Trinajstić information content (AvgIpc) is 2.68. The quantitative estimate of drug-likeness (QED) is 0.649. The monoisotopic (exact) mass is 404 g/mol. The zero-order valence-corrected chi connectivity index (χ0v) is 16.7. The van der Waals surface area contributed by atoms with E-state index in [1.165, 1.54) is 35.6 Å². The molecule has 0 radical (unpaired) electrons. The number of ether oxygens (including phenoxy) is 1. The minimum Gasteiger partial charge on any atom is -0.456 e. The molecule has 0 aliphatic rings. The minimum absolute atomic E-state index is 0.123. The lowest BCUT2D eigenvalue weighted by Gasteiger charge is -2.17. The number of carbonyl (C=O) groups excluding carboxylic acids is 2. The zero-order valence-electron chi connectivity index (χ0n) is 15.9. The highest BCUT2D eigenvalue weighted by Crippen LogP contribution is 2.19. The molecule has 8 heteroatoms. The van der Waals surface area contributed by atoms with Crippen molar-refractivity contribution in [3.63, 3.8) is 0 Å². The molecule has 0 saturated heterocycles. The van der Waals surface area contributed by atoms with E-state index in [4.69, 9.17) is 4.74 Å². The van der Waals surface area contributed by atoms with Gasteiger partial charge in [0.15, 0.2) is 6.61 Å². The van der Waals surface area contributed by atoms with E-state index >= 15 is 0 Å². The SMILES string of the molecule is CCCC(=O)OCC(=O)Nc1ccc(S(=O)(=O)N(C)Cc2ccccc2)cc1. The van der Waals surface area contributed by atoms with E-state index in [9.17, 15) is 18.0 Å². The summed E-state index contributed by atoms with van der Waals surface area (Å²) >= 11 is 0. The maximum atomic E-state index is 12.7. The number of amides is 1. The molecule has 2 aromatic carbocycles. The number of hydrogen-bond donors (Lipinski definition) is 1. The van der Waals surface area contributed by atoms with Crippen molar-refractivity contribution < 1.29 is 22.7 Å². The lowest BCUT2D eigenvalue weighted by Crippen LogP contribution is -2.26. The molecule has 0 spiro atoms. The van der Waals surface area contributed by atoms with E-state index in [-0.39, 0.29) is 24.5 Å². The maximum absolute atomic E-state index is 12.7. The molecule has 150 valence electrons. The standard InChI is InChI=1S/C20H24N2O5S/c1-3-7-20(24)27-15-19(23)21-17-10-12-18(13-11-17)28(25,26)22(2)14-16-8-5-4-6-9-16/h4-6,8-13H,3,7,14-15H2,1-2H3,(H,21,23). The van der Waals surface area contributed by atoms with E-state index in [2.05, 4.69) is 5.32 Å². The van der Waals surface area contributed by atoms with Crippen molar-refractivity contribution in [2.45, 2.75) is 31.2 Å². The topological polar surface area (TPSA) is 92.8 Å². The molecule has 2 aromatic rings. The fourth-order valence-corrected chi connectivity index (χ4v) is 3.59. The van der Waals surface area contributed by atoms with E-state index < -0.39 is 21.9 Å². The fourth-order valence-electron chi connectivity index (χ4n) is 2.44. The first-order chi connectivity index (χ1) is 13.3. The van der Waals surface area contributed by atoms with Crippen LogP contribution in [0.15, 0.2) is 59.5 Å². The van der Waals surface area contributed by atoms with Crippen LogP contribution in [0, 0.1) is 0 Å². The molecule has 0 aromatic heterocycles. The molecule has 0 aliphatic heterocycles. The van der Waals surface area contributed by atoms with Crippen LogP contribution >= 0.6 is 0 Å². The van der Waals surface area contributed by atoms with Crippen molar-refractivity contribution in [1.29, 1.82) is 0 Å². The Labute approximate surface area is 165 Å². The van der Waals surface area contributed by atoms with Crippen LogP contribution in [0.4, 0.5) is 5.69 Å². The first-order valence-corrected chi connectivity index (χ1v) is 10.3. The maximum Gasteiger partial charge on any atom is 0.306 e. The molecule has 0 unspecified atom stereocenters. The molecule has 7 nitrogen and oxygen atoms in total. The summed E-state index contributed by atoms with van der Waals surface area (Å²) in [6.07, 6.45) is 0.908. The smallest absolute Gasteiger partial charge is 0.306 e. The van der Waals surface area contributed by atoms with Crippen LogP contribution in [0.1, 0.15) is 25.3 Å². The number of esters is 1. The molecule has 0 bridgehead atoms. The van der Waals surface area contributed by atoms with Crippen LogP contribution in [0.3, 0.4) is 0 Å². The van der Waals surface area contributed by atoms with Gasteiger partial charge in [0, 0.05) is 25.7 Å². The fraction of sp³-hybridized carbons (Fsp3) is 0.300. The summed E-state index contributed by atoms with van der Waals surface area (Å²) in [5.74, 6) is -0.915. The van der Waals surface area contributed by atoms with Gasteiger partial charge in [-0.3, -0.25) is 9.59 Å². The predicted octanol–water partition coefficient (Wildman–Crippen LogP) is 2.79. The number of hydrogen-bond acceptors (Lipinski definition) is 5. The van der Waals surface area contributed by atoms with E-state index in [0.29, 0.717) is 12.1 Å². The van der Waals surface area contributed by atoms with E-state index in [1.807, 2.05) is 37.3 Å². The second kappa shape index (κ2) is 10.0. The third-order valence-corrected chi connectivity index (χ3v) is 5.73. The third-order valence-electron chi connectivity index (χ3n) is 3.91. The van der Waals surface area contributed by atoms with Crippen LogP contribution in [0.25, 0.3) is 0 Å². The first-order valence-electron chi connectivity index (χ1n) is 8.88. The Morgan fingerprint density at radius 1 is 1.04 bits per heavy atom. The Bertz CT molecular complexity index is 896. The molecular formula is C20H24N2O5S. The van der Waals surface area contributed by atoms with Gasteiger partial charge in [-0.25, -0.2) is 8.42 Å². The number of carbonyl (C=O) groups is 2. The molecule has 0 fully saturated rings. The van der Waals surface area contributed by atoms with Crippen LogP contribution in [0.2, 0.25) is 0 Å². The molecule has 2 rings (SSSR count). The molecule has 28 heavy (non-hydrogen) atoms. The minimum atomic E-state index is -3.66. The molecule has 1 amide bonds. The predicted molar refractivity (Wildman–Crippen MR) is 106 cm³/mol. The van der Waals surface area contributed by atoms with Gasteiger partial charge in [-0.2, -0.15) is 4.31 Å². The van der Waals surface area contributed by atoms with Gasteiger partial charge < -0.3 is 10.1 Å². The summed E-state index contributed by atoms with van der Waals surface area (Å²) in [5.41, 5.74) is 1.30. The van der Waals surface area contributed by atoms with Crippen molar-refractivity contribution in [2.24, 2.45) is 0 Å². The van der Waals surface area contributed by atoms with Gasteiger partial charge >= 0.3 is 5.97 Å². The lowest BCUT2D eigenvalue weighted by atomic mass is 10.2. The summed E-state index contributed by atoms with van der Waals surface area (Å²) in [6, 6.07) is 15.1. The van der Waals surface area contributed by atoms with Gasteiger partial charge in [0.05, 0.1) is 4.90 Å². The Morgan fingerprint density at radius 3 is 2.29 bits per heavy atom. The second-order valence-electron chi connectivity index (χ2n) is 6.23. The molecular weight excluding hydrogens is 380 g/mol. The van der Waals surface area contributed by atoms with Crippen molar-refractivity contribution in [2.75, 3.05) is 19.0 Å². The van der Waals surface area contributed by atoms with Crippen molar-refractivity contribution in [3.8, 4) is 0 Å². The van der Waals surface area contributed by atoms with Gasteiger partial charge in [-0.1, -0.05) is 37.3 Å². The van der Waals surface area contributed by atoms with Gasteiger partial charge in [0.2, 0.25) is 10.0 Å². The van der Waals surface area contributed by atoms with Crippen molar-refractivity contribution in [3.05, 3.63) is 60.2 Å². The number of benzene rings is 2. The summed E-state index contributed by atoms with van der Waals surface area (Å²) in [4.78, 5) is 23.2. The number of nitrogens with zero attached hydrogens (tertiary/aromatic N) is 1. The molecule has 1 N–H and O–H groups in total. The third kappa shape index (κ3) is 6.17. The molecule has 0 aliphatic carbocycles. The highest BCUT2D eigenvalue weighted by Gasteiger charge is 2.21. The van der Waals surface area contributed by atoms with Gasteiger partial charge in [0.1, 0.15) is 0 Å². The van der Waals surface area contributed by atoms with Gasteiger partial charge in [-0.05, 0) is 36.2 Å².